The van der Waals surface area contributed by atoms with E-state index in [4.69, 9.17) is 9.47 Å². The molecular weight excluding hydrogens is 222 g/mol. The molecule has 0 heterocycles. The van der Waals surface area contributed by atoms with E-state index < -0.39 is 0 Å². The van der Waals surface area contributed by atoms with Crippen LogP contribution in [-0.2, 0) is 0 Å². The maximum absolute atomic E-state index is 5.35. The van der Waals surface area contributed by atoms with Crippen LogP contribution in [0.4, 0.5) is 5.69 Å². The predicted molar refractivity (Wildman–Crippen MR) is 71.3 cm³/mol. The summed E-state index contributed by atoms with van der Waals surface area (Å²) in [6.07, 6.45) is 1.05. The Morgan fingerprint density at radius 2 is 2.00 bits per heavy atom. The van der Waals surface area contributed by atoms with E-state index in [0.29, 0.717) is 0 Å². The van der Waals surface area contributed by atoms with Crippen LogP contribution in [0.25, 0.3) is 0 Å². The first-order valence-corrected chi connectivity index (χ1v) is 5.90. The van der Waals surface area contributed by atoms with Gasteiger partial charge in [-0.2, -0.15) is 12.6 Å². The summed E-state index contributed by atoms with van der Waals surface area (Å²) in [7, 11) is 5.37. The fourth-order valence-corrected chi connectivity index (χ4v) is 1.67. The van der Waals surface area contributed by atoms with Crippen molar-refractivity contribution in [1.82, 2.24) is 0 Å². The van der Waals surface area contributed by atoms with Gasteiger partial charge < -0.3 is 14.4 Å². The first kappa shape index (κ1) is 13.0. The predicted octanol–water partition coefficient (Wildman–Crippen LogP) is 2.46. The van der Waals surface area contributed by atoms with Gasteiger partial charge in [-0.05, 0) is 24.3 Å². The van der Waals surface area contributed by atoms with E-state index in [2.05, 4.69) is 17.5 Å². The molecule has 1 aromatic carbocycles. The van der Waals surface area contributed by atoms with Gasteiger partial charge in [0, 0.05) is 19.7 Å². The van der Waals surface area contributed by atoms with E-state index in [1.165, 1.54) is 0 Å². The van der Waals surface area contributed by atoms with Gasteiger partial charge in [0.2, 0.25) is 0 Å². The zero-order valence-corrected chi connectivity index (χ0v) is 11.0. The number of hydrogen-bond acceptors (Lipinski definition) is 4. The van der Waals surface area contributed by atoms with Crippen molar-refractivity contribution in [2.24, 2.45) is 0 Å². The van der Waals surface area contributed by atoms with Crippen molar-refractivity contribution in [3.05, 3.63) is 18.2 Å². The first-order valence-electron chi connectivity index (χ1n) is 5.27. The molecule has 90 valence electrons. The number of ether oxygens (including phenoxy) is 2. The highest BCUT2D eigenvalue weighted by atomic mass is 32.1. The highest BCUT2D eigenvalue weighted by molar-refractivity contribution is 7.80. The van der Waals surface area contributed by atoms with Gasteiger partial charge in [-0.3, -0.25) is 0 Å². The number of thiol groups is 1. The third-order valence-corrected chi connectivity index (χ3v) is 2.77. The lowest BCUT2D eigenvalue weighted by Crippen LogP contribution is -2.19. The molecule has 0 bridgehead atoms. The molecule has 0 spiro atoms. The van der Waals surface area contributed by atoms with Crippen LogP contribution in [0.1, 0.15) is 6.42 Å². The lowest BCUT2D eigenvalue weighted by Gasteiger charge is -2.21. The van der Waals surface area contributed by atoms with Crippen molar-refractivity contribution in [2.75, 3.05) is 38.5 Å². The largest absolute Gasteiger partial charge is 0.497 e. The zero-order valence-electron chi connectivity index (χ0n) is 10.1. The quantitative estimate of drug-likeness (QED) is 0.773. The molecule has 0 aliphatic heterocycles. The Balaban J connectivity index is 2.85. The van der Waals surface area contributed by atoms with Crippen LogP contribution < -0.4 is 14.4 Å². The van der Waals surface area contributed by atoms with Crippen molar-refractivity contribution < 1.29 is 9.47 Å². The third-order valence-electron chi connectivity index (χ3n) is 2.45. The molecule has 0 amide bonds. The van der Waals surface area contributed by atoms with E-state index in [1.54, 1.807) is 14.2 Å². The van der Waals surface area contributed by atoms with Gasteiger partial charge in [-0.25, -0.2) is 0 Å². The normalized spacial score (nSPS) is 10.0. The Hall–Kier alpha value is -1.03. The monoisotopic (exact) mass is 241 g/mol. The van der Waals surface area contributed by atoms with Gasteiger partial charge in [0.15, 0.2) is 0 Å². The highest BCUT2D eigenvalue weighted by Gasteiger charge is 2.08. The summed E-state index contributed by atoms with van der Waals surface area (Å²) in [5.74, 6) is 2.53. The van der Waals surface area contributed by atoms with E-state index in [-0.39, 0.29) is 0 Å². The van der Waals surface area contributed by atoms with Crippen LogP contribution in [0.2, 0.25) is 0 Å². The Kier molecular flexibility index (Phi) is 5.32. The minimum Gasteiger partial charge on any atom is -0.497 e. The Morgan fingerprint density at radius 1 is 1.25 bits per heavy atom. The Labute approximate surface area is 103 Å². The molecule has 0 atom stereocenters. The summed E-state index contributed by atoms with van der Waals surface area (Å²) in [6, 6.07) is 5.85. The fourth-order valence-electron chi connectivity index (χ4n) is 1.53. The summed E-state index contributed by atoms with van der Waals surface area (Å²) in [5, 5.41) is 0. The maximum atomic E-state index is 5.35. The second-order valence-electron chi connectivity index (χ2n) is 3.54. The van der Waals surface area contributed by atoms with Crippen molar-refractivity contribution in [3.63, 3.8) is 0 Å². The SMILES string of the molecule is COc1ccc(N(C)CCCS)c(OC)c1. The van der Waals surface area contributed by atoms with Gasteiger partial charge >= 0.3 is 0 Å². The smallest absolute Gasteiger partial charge is 0.145 e. The molecule has 0 N–H and O–H groups in total. The third kappa shape index (κ3) is 3.23. The number of nitrogens with zero attached hydrogens (tertiary/aromatic N) is 1. The van der Waals surface area contributed by atoms with Crippen molar-refractivity contribution in [3.8, 4) is 11.5 Å². The Morgan fingerprint density at radius 3 is 2.56 bits per heavy atom. The number of hydrogen-bond donors (Lipinski definition) is 1. The van der Waals surface area contributed by atoms with Gasteiger partial charge in [-0.1, -0.05) is 0 Å². The molecule has 0 saturated carbocycles. The van der Waals surface area contributed by atoms with Crippen molar-refractivity contribution >= 4 is 18.3 Å². The van der Waals surface area contributed by atoms with Crippen LogP contribution >= 0.6 is 12.6 Å². The molecule has 0 fully saturated rings. The fraction of sp³-hybridized carbons (Fsp3) is 0.500. The molecule has 0 aromatic heterocycles. The first-order chi connectivity index (χ1) is 7.72. The van der Waals surface area contributed by atoms with Gasteiger partial charge in [0.25, 0.3) is 0 Å². The molecule has 0 aliphatic carbocycles. The highest BCUT2D eigenvalue weighted by Crippen LogP contribution is 2.31. The summed E-state index contributed by atoms with van der Waals surface area (Å²) in [5.41, 5.74) is 1.07. The molecule has 0 aliphatic rings. The molecule has 0 unspecified atom stereocenters. The molecule has 0 radical (unpaired) electrons. The minimum absolute atomic E-state index is 0.809. The van der Waals surface area contributed by atoms with Crippen LogP contribution in [0.3, 0.4) is 0 Å². The lowest BCUT2D eigenvalue weighted by atomic mass is 10.2. The zero-order chi connectivity index (χ0) is 12.0. The standard InChI is InChI=1S/C12H19NO2S/c1-13(7-4-8-16)11-6-5-10(14-2)9-12(11)15-3/h5-6,9,16H,4,7-8H2,1-3H3. The topological polar surface area (TPSA) is 21.7 Å². The molecular formula is C12H19NO2S. The maximum Gasteiger partial charge on any atom is 0.145 e. The molecule has 16 heavy (non-hydrogen) atoms. The second kappa shape index (κ2) is 6.53. The lowest BCUT2D eigenvalue weighted by molar-refractivity contribution is 0.394. The number of rotatable bonds is 6. The van der Waals surface area contributed by atoms with Gasteiger partial charge in [-0.15, -0.1) is 0 Å². The molecule has 0 saturated heterocycles. The van der Waals surface area contributed by atoms with E-state index >= 15 is 0 Å². The molecule has 1 rings (SSSR count). The molecule has 1 aromatic rings. The van der Waals surface area contributed by atoms with Gasteiger partial charge in [0.05, 0.1) is 19.9 Å². The second-order valence-corrected chi connectivity index (χ2v) is 3.98. The van der Waals surface area contributed by atoms with Crippen LogP contribution in [-0.4, -0.2) is 33.6 Å². The van der Waals surface area contributed by atoms with Gasteiger partial charge in [0.1, 0.15) is 11.5 Å². The van der Waals surface area contributed by atoms with Crippen LogP contribution in [0, 0.1) is 0 Å². The number of benzene rings is 1. The van der Waals surface area contributed by atoms with E-state index in [9.17, 15) is 0 Å². The average molecular weight is 241 g/mol. The van der Waals surface area contributed by atoms with E-state index in [1.807, 2.05) is 25.2 Å². The van der Waals surface area contributed by atoms with E-state index in [0.717, 1.165) is 35.9 Å². The van der Waals surface area contributed by atoms with Crippen molar-refractivity contribution in [2.45, 2.75) is 6.42 Å². The summed E-state index contributed by atoms with van der Waals surface area (Å²) in [4.78, 5) is 2.16. The summed E-state index contributed by atoms with van der Waals surface area (Å²) in [6.45, 7) is 0.964. The average Bonchev–Trinajstić information content (AvgIpc) is 2.34. The summed E-state index contributed by atoms with van der Waals surface area (Å²) < 4.78 is 10.5. The summed E-state index contributed by atoms with van der Waals surface area (Å²) >= 11 is 4.21. The minimum atomic E-state index is 0.809. The van der Waals surface area contributed by atoms with Crippen LogP contribution in [0.15, 0.2) is 18.2 Å². The van der Waals surface area contributed by atoms with Crippen molar-refractivity contribution in [1.29, 1.82) is 0 Å². The number of anilines is 1. The Bertz CT molecular complexity index is 331. The molecule has 4 heteroatoms. The molecule has 3 nitrogen and oxygen atoms in total. The number of methoxy groups -OCH3 is 2. The van der Waals surface area contributed by atoms with Crippen LogP contribution in [0.5, 0.6) is 11.5 Å².